The Morgan fingerprint density at radius 2 is 0.868 bits per heavy atom. The molecule has 38 heavy (non-hydrogen) atoms. The molecule has 0 N–H and O–H groups in total. The first kappa shape index (κ1) is 31.6. The van der Waals surface area contributed by atoms with E-state index in [1.807, 2.05) is 0 Å². The molecule has 0 heterocycles. The summed E-state index contributed by atoms with van der Waals surface area (Å²) in [6, 6.07) is 9.43. The standard InChI is InChI=1S/C20H8BrF15O2/c21-11-5-1-9(2-6-11)10-3-7-12(8-4-10)38-13(37)14(22,23)15(24,25)16(26,27)17(28,29)18(30,31)19(32,33)20(34,35)36/h1-8H. The molecule has 0 aliphatic carbocycles. The summed E-state index contributed by atoms with van der Waals surface area (Å²) in [6.45, 7) is 0. The van der Waals surface area contributed by atoms with Crippen LogP contribution in [0.15, 0.2) is 53.0 Å². The quantitative estimate of drug-likeness (QED) is 0.164. The SMILES string of the molecule is O=C(Oc1ccc(-c2ccc(Br)cc2)cc1)C(F)(F)C(F)(F)C(F)(F)C(F)(F)C(F)(F)C(F)(F)C(F)(F)F. The number of hydrogen-bond acceptors (Lipinski definition) is 2. The summed E-state index contributed by atoms with van der Waals surface area (Å²) in [7, 11) is 0. The molecule has 0 saturated carbocycles. The van der Waals surface area contributed by atoms with Crippen LogP contribution in [0, 0.1) is 0 Å². The number of ether oxygens (including phenoxy) is 1. The van der Waals surface area contributed by atoms with E-state index in [4.69, 9.17) is 0 Å². The van der Waals surface area contributed by atoms with Gasteiger partial charge in [0, 0.05) is 4.47 Å². The average Bonchev–Trinajstić information content (AvgIpc) is 2.78. The van der Waals surface area contributed by atoms with E-state index in [1.165, 1.54) is 12.1 Å². The molecular formula is C20H8BrF15O2. The minimum absolute atomic E-state index is 0.286. The second-order valence-electron chi connectivity index (χ2n) is 7.36. The Hall–Kier alpha value is -2.66. The molecule has 0 aliphatic heterocycles. The summed E-state index contributed by atoms with van der Waals surface area (Å²) in [5, 5.41) is 0. The lowest BCUT2D eigenvalue weighted by atomic mass is 9.91. The van der Waals surface area contributed by atoms with Crippen LogP contribution in [0.25, 0.3) is 11.1 Å². The molecule has 0 spiro atoms. The maximum Gasteiger partial charge on any atom is 0.460 e. The Bertz CT molecular complexity index is 1160. The minimum atomic E-state index is -8.49. The first-order valence-electron chi connectivity index (χ1n) is 9.28. The third-order valence-corrected chi connectivity index (χ3v) is 5.36. The Labute approximate surface area is 209 Å². The van der Waals surface area contributed by atoms with Crippen molar-refractivity contribution in [3.8, 4) is 16.9 Å². The van der Waals surface area contributed by atoms with Gasteiger partial charge in [-0.1, -0.05) is 40.2 Å². The van der Waals surface area contributed by atoms with Gasteiger partial charge < -0.3 is 4.74 Å². The highest BCUT2D eigenvalue weighted by Gasteiger charge is 2.94. The van der Waals surface area contributed by atoms with Crippen LogP contribution in [0.5, 0.6) is 5.75 Å². The topological polar surface area (TPSA) is 26.3 Å². The predicted molar refractivity (Wildman–Crippen MR) is 101 cm³/mol. The van der Waals surface area contributed by atoms with Crippen molar-refractivity contribution in [2.45, 2.75) is 41.7 Å². The zero-order chi connectivity index (χ0) is 29.8. The molecule has 0 bridgehead atoms. The fraction of sp³-hybridized carbons (Fsp3) is 0.350. The normalized spacial score (nSPS) is 14.4. The van der Waals surface area contributed by atoms with Gasteiger partial charge in [-0.25, -0.2) is 4.79 Å². The van der Waals surface area contributed by atoms with Gasteiger partial charge in [-0.2, -0.15) is 65.9 Å². The fourth-order valence-electron chi connectivity index (χ4n) is 2.62. The number of carbonyl (C=O) groups excluding carboxylic acids is 1. The summed E-state index contributed by atoms with van der Waals surface area (Å²) in [6.07, 6.45) is -7.71. The van der Waals surface area contributed by atoms with Crippen LogP contribution in [0.3, 0.4) is 0 Å². The van der Waals surface area contributed by atoms with Crippen LogP contribution < -0.4 is 4.74 Å². The second-order valence-corrected chi connectivity index (χ2v) is 8.28. The van der Waals surface area contributed by atoms with Gasteiger partial charge in [0.1, 0.15) is 5.75 Å². The van der Waals surface area contributed by atoms with Crippen LogP contribution in [-0.4, -0.2) is 47.7 Å². The van der Waals surface area contributed by atoms with Gasteiger partial charge in [-0.15, -0.1) is 0 Å². The molecule has 0 radical (unpaired) electrons. The van der Waals surface area contributed by atoms with Crippen molar-refractivity contribution >= 4 is 21.9 Å². The van der Waals surface area contributed by atoms with E-state index >= 15 is 0 Å². The number of rotatable bonds is 8. The van der Waals surface area contributed by atoms with Crippen molar-refractivity contribution in [3.63, 3.8) is 0 Å². The molecule has 2 aromatic rings. The molecule has 0 amide bonds. The van der Waals surface area contributed by atoms with E-state index in [1.54, 1.807) is 12.1 Å². The fourth-order valence-corrected chi connectivity index (χ4v) is 2.89. The number of carbonyl (C=O) groups is 1. The van der Waals surface area contributed by atoms with E-state index in [0.717, 1.165) is 12.1 Å². The van der Waals surface area contributed by atoms with E-state index in [-0.39, 0.29) is 5.56 Å². The molecule has 0 aromatic heterocycles. The molecule has 0 aliphatic rings. The molecule has 0 unspecified atom stereocenters. The molecule has 18 heteroatoms. The first-order valence-corrected chi connectivity index (χ1v) is 10.1. The van der Waals surface area contributed by atoms with Crippen molar-refractivity contribution in [3.05, 3.63) is 53.0 Å². The van der Waals surface area contributed by atoms with Gasteiger partial charge in [0.05, 0.1) is 0 Å². The van der Waals surface area contributed by atoms with Gasteiger partial charge in [0.15, 0.2) is 0 Å². The first-order chi connectivity index (χ1) is 16.9. The number of halogens is 16. The molecule has 2 rings (SSSR count). The number of esters is 1. The summed E-state index contributed by atoms with van der Waals surface area (Å²) in [5.74, 6) is -53.3. The molecule has 2 nitrogen and oxygen atoms in total. The highest BCUT2D eigenvalue weighted by Crippen LogP contribution is 2.62. The van der Waals surface area contributed by atoms with Gasteiger partial charge in [-0.3, -0.25) is 0 Å². The lowest BCUT2D eigenvalue weighted by Crippen LogP contribution is -2.73. The highest BCUT2D eigenvalue weighted by molar-refractivity contribution is 9.10. The van der Waals surface area contributed by atoms with Crippen molar-refractivity contribution < 1.29 is 75.4 Å². The Balaban J connectivity index is 2.39. The van der Waals surface area contributed by atoms with E-state index < -0.39 is 53.4 Å². The average molecular weight is 645 g/mol. The van der Waals surface area contributed by atoms with Gasteiger partial charge in [0.2, 0.25) is 0 Å². The molecular weight excluding hydrogens is 637 g/mol. The van der Waals surface area contributed by atoms with Crippen molar-refractivity contribution in [2.75, 3.05) is 0 Å². The summed E-state index contributed by atoms with van der Waals surface area (Å²) in [4.78, 5) is 11.5. The maximum atomic E-state index is 13.9. The van der Waals surface area contributed by atoms with Crippen molar-refractivity contribution in [1.29, 1.82) is 0 Å². The van der Waals surface area contributed by atoms with E-state index in [2.05, 4.69) is 20.7 Å². The zero-order valence-electron chi connectivity index (χ0n) is 17.5. The van der Waals surface area contributed by atoms with Crippen LogP contribution in [0.4, 0.5) is 65.9 Å². The Kier molecular flexibility index (Phi) is 7.90. The Morgan fingerprint density at radius 3 is 1.26 bits per heavy atom. The van der Waals surface area contributed by atoms with Gasteiger partial charge >= 0.3 is 47.7 Å². The minimum Gasteiger partial charge on any atom is -0.422 e. The lowest BCUT2D eigenvalue weighted by Gasteiger charge is -2.40. The van der Waals surface area contributed by atoms with Crippen LogP contribution in [0.1, 0.15) is 0 Å². The maximum absolute atomic E-state index is 13.9. The molecule has 0 saturated heterocycles. The third kappa shape index (κ3) is 4.79. The summed E-state index contributed by atoms with van der Waals surface area (Å²) < 4.78 is 203. The van der Waals surface area contributed by atoms with Crippen molar-refractivity contribution in [2.24, 2.45) is 0 Å². The van der Waals surface area contributed by atoms with Gasteiger partial charge in [0.25, 0.3) is 0 Å². The van der Waals surface area contributed by atoms with Gasteiger partial charge in [-0.05, 0) is 35.4 Å². The number of alkyl halides is 15. The smallest absolute Gasteiger partial charge is 0.422 e. The van der Waals surface area contributed by atoms with Crippen LogP contribution >= 0.6 is 15.9 Å². The molecule has 212 valence electrons. The third-order valence-electron chi connectivity index (χ3n) is 4.83. The van der Waals surface area contributed by atoms with Crippen molar-refractivity contribution in [1.82, 2.24) is 0 Å². The largest absolute Gasteiger partial charge is 0.460 e. The van der Waals surface area contributed by atoms with E-state index in [0.29, 0.717) is 22.2 Å². The number of benzene rings is 2. The number of hydrogen-bond donors (Lipinski definition) is 0. The zero-order valence-corrected chi connectivity index (χ0v) is 19.1. The predicted octanol–water partition coefficient (Wildman–Crippen LogP) is 8.40. The molecule has 2 aromatic carbocycles. The lowest BCUT2D eigenvalue weighted by molar-refractivity contribution is -0.450. The Morgan fingerprint density at radius 1 is 0.526 bits per heavy atom. The molecule has 0 atom stereocenters. The van der Waals surface area contributed by atoms with Crippen LogP contribution in [-0.2, 0) is 4.79 Å². The summed E-state index contributed by atoms with van der Waals surface area (Å²) >= 11 is 3.13. The monoisotopic (exact) mass is 644 g/mol. The van der Waals surface area contributed by atoms with E-state index in [9.17, 15) is 70.7 Å². The summed E-state index contributed by atoms with van der Waals surface area (Å²) in [5.41, 5.74) is 0.745. The molecule has 0 fully saturated rings. The highest BCUT2D eigenvalue weighted by atomic mass is 79.9. The van der Waals surface area contributed by atoms with Crippen LogP contribution in [0.2, 0.25) is 0 Å². The second kappa shape index (κ2) is 9.51.